The van der Waals surface area contributed by atoms with Gasteiger partial charge in [0.1, 0.15) is 18.3 Å². The number of benzene rings is 1. The van der Waals surface area contributed by atoms with Crippen molar-refractivity contribution in [3.05, 3.63) is 35.9 Å². The van der Waals surface area contributed by atoms with Gasteiger partial charge in [-0.3, -0.25) is 0 Å². The molecule has 122 valence electrons. The van der Waals surface area contributed by atoms with Crippen molar-refractivity contribution in [1.29, 1.82) is 0 Å². The summed E-state index contributed by atoms with van der Waals surface area (Å²) in [5.74, 6) is 0.376. The van der Waals surface area contributed by atoms with E-state index in [1.807, 2.05) is 30.3 Å². The lowest BCUT2D eigenvalue weighted by Crippen LogP contribution is -2.59. The minimum atomic E-state index is -1.64. The molecule has 0 spiro atoms. The lowest BCUT2D eigenvalue weighted by molar-refractivity contribution is -0.284. The Bertz CT molecular complexity index is 483. The van der Waals surface area contributed by atoms with Crippen molar-refractivity contribution in [2.75, 3.05) is 6.61 Å². The average Bonchev–Trinajstić information content (AvgIpc) is 2.54. The van der Waals surface area contributed by atoms with Crippen molar-refractivity contribution in [2.24, 2.45) is 0 Å². The summed E-state index contributed by atoms with van der Waals surface area (Å²) in [6.07, 6.45) is -7.15. The molecule has 1 aromatic carbocycles. The quantitative estimate of drug-likeness (QED) is 0.564. The smallest absolute Gasteiger partial charge is 0.368 e. The molecule has 8 heteroatoms. The summed E-state index contributed by atoms with van der Waals surface area (Å²) in [5, 5.41) is 37.5. The predicted molar refractivity (Wildman–Crippen MR) is 78.0 cm³/mol. The second-order valence-corrected chi connectivity index (χ2v) is 5.75. The van der Waals surface area contributed by atoms with Crippen LogP contribution in [-0.2, 0) is 15.2 Å². The van der Waals surface area contributed by atoms with E-state index in [4.69, 9.17) is 14.6 Å². The molecular weight excluding hydrogens is 312 g/mol. The Labute approximate surface area is 131 Å². The first kappa shape index (κ1) is 17.2. The van der Waals surface area contributed by atoms with E-state index in [0.29, 0.717) is 5.75 Å². The number of carbonyl (C=O) groups excluding carboxylic acids is 1. The normalized spacial score (nSPS) is 31.7. The number of rotatable bonds is 4. The maximum atomic E-state index is 11.8. The molecule has 7 nitrogen and oxygen atoms in total. The third-order valence-corrected chi connectivity index (χ3v) is 4.08. The molecule has 5 atom stereocenters. The van der Waals surface area contributed by atoms with Gasteiger partial charge in [0.05, 0.1) is 6.61 Å². The Morgan fingerprint density at radius 2 is 1.86 bits per heavy atom. The van der Waals surface area contributed by atoms with Gasteiger partial charge < -0.3 is 29.9 Å². The molecule has 0 amide bonds. The molecular formula is C14H18O7S. The molecule has 1 aliphatic rings. The molecule has 0 bridgehead atoms. The van der Waals surface area contributed by atoms with E-state index in [1.165, 1.54) is 0 Å². The Hall–Kier alpha value is -1.16. The molecule has 1 heterocycles. The standard InChI is InChI=1S/C14H18O7S/c15-6-9-10(16)12(11(17)13(18)20-9)21-14(19)22-7-8-4-2-1-3-5-8/h1-5,9-13,15-18H,6-7H2/t9-,10+,11-,12+,13-/m1/s1. The summed E-state index contributed by atoms with van der Waals surface area (Å²) in [5.41, 5.74) is 0.922. The third-order valence-electron chi connectivity index (χ3n) is 3.27. The summed E-state index contributed by atoms with van der Waals surface area (Å²) in [6.45, 7) is -0.573. The first-order valence-corrected chi connectivity index (χ1v) is 7.69. The number of hydrogen-bond donors (Lipinski definition) is 4. The van der Waals surface area contributed by atoms with Crippen molar-refractivity contribution in [3.63, 3.8) is 0 Å². The van der Waals surface area contributed by atoms with Gasteiger partial charge in [-0.1, -0.05) is 30.3 Å². The molecule has 22 heavy (non-hydrogen) atoms. The van der Waals surface area contributed by atoms with Gasteiger partial charge in [-0.2, -0.15) is 0 Å². The van der Waals surface area contributed by atoms with Crippen molar-refractivity contribution >= 4 is 17.1 Å². The second-order valence-electron chi connectivity index (χ2n) is 4.84. The van der Waals surface area contributed by atoms with E-state index in [1.54, 1.807) is 0 Å². The van der Waals surface area contributed by atoms with Crippen LogP contribution in [0.4, 0.5) is 4.79 Å². The molecule has 4 N–H and O–H groups in total. The van der Waals surface area contributed by atoms with E-state index in [0.717, 1.165) is 17.3 Å². The fourth-order valence-electron chi connectivity index (χ4n) is 2.07. The Morgan fingerprint density at radius 3 is 2.50 bits per heavy atom. The van der Waals surface area contributed by atoms with Crippen LogP contribution in [0.15, 0.2) is 30.3 Å². The molecule has 0 unspecified atom stereocenters. The molecule has 1 saturated heterocycles. The maximum Gasteiger partial charge on any atom is 0.368 e. The topological polar surface area (TPSA) is 116 Å². The Morgan fingerprint density at radius 1 is 1.18 bits per heavy atom. The molecule has 0 saturated carbocycles. The van der Waals surface area contributed by atoms with E-state index in [2.05, 4.69) is 0 Å². The highest BCUT2D eigenvalue weighted by Gasteiger charge is 2.46. The minimum absolute atomic E-state index is 0.376. The lowest BCUT2D eigenvalue weighted by atomic mass is 9.99. The van der Waals surface area contributed by atoms with Gasteiger partial charge in [-0.25, -0.2) is 4.79 Å². The zero-order chi connectivity index (χ0) is 16.1. The molecule has 1 aliphatic heterocycles. The monoisotopic (exact) mass is 330 g/mol. The maximum absolute atomic E-state index is 11.8. The van der Waals surface area contributed by atoms with Gasteiger partial charge in [0.25, 0.3) is 0 Å². The Kier molecular flexibility index (Phi) is 6.18. The predicted octanol–water partition coefficient (Wildman–Crippen LogP) is -0.144. The summed E-state index contributed by atoms with van der Waals surface area (Å²) >= 11 is 0.869. The van der Waals surface area contributed by atoms with Gasteiger partial charge in [-0.15, -0.1) is 0 Å². The summed E-state index contributed by atoms with van der Waals surface area (Å²) in [4.78, 5) is 11.8. The zero-order valence-electron chi connectivity index (χ0n) is 11.6. The van der Waals surface area contributed by atoms with Gasteiger partial charge >= 0.3 is 5.30 Å². The number of ether oxygens (including phenoxy) is 2. The van der Waals surface area contributed by atoms with Crippen LogP contribution in [0.25, 0.3) is 0 Å². The fourth-order valence-corrected chi connectivity index (χ4v) is 2.72. The van der Waals surface area contributed by atoms with Gasteiger partial charge in [0.2, 0.25) is 0 Å². The molecule has 1 aromatic rings. The molecule has 1 fully saturated rings. The Balaban J connectivity index is 1.91. The van der Waals surface area contributed by atoms with E-state index in [9.17, 15) is 20.1 Å². The number of thioether (sulfide) groups is 1. The van der Waals surface area contributed by atoms with Crippen molar-refractivity contribution in [1.82, 2.24) is 0 Å². The van der Waals surface area contributed by atoms with Crippen molar-refractivity contribution in [3.8, 4) is 0 Å². The van der Waals surface area contributed by atoms with Crippen LogP contribution in [0.2, 0.25) is 0 Å². The van der Waals surface area contributed by atoms with Gasteiger partial charge in [0.15, 0.2) is 12.4 Å². The second kappa shape index (κ2) is 7.91. The zero-order valence-corrected chi connectivity index (χ0v) is 12.4. The summed E-state index contributed by atoms with van der Waals surface area (Å²) < 4.78 is 9.82. The number of aliphatic hydroxyl groups excluding tert-OH is 4. The SMILES string of the molecule is O=C(O[C@@H]1[C@@H](O)[C@H](O)O[C@H](CO)[C@@H]1O)SCc1ccccc1. The fraction of sp³-hybridized carbons (Fsp3) is 0.500. The van der Waals surface area contributed by atoms with Crippen LogP contribution < -0.4 is 0 Å². The summed E-state index contributed by atoms with van der Waals surface area (Å²) in [6, 6.07) is 9.25. The van der Waals surface area contributed by atoms with Crippen LogP contribution in [-0.4, -0.2) is 63.0 Å². The number of carbonyl (C=O) groups is 1. The average molecular weight is 330 g/mol. The third kappa shape index (κ3) is 4.19. The molecule has 2 rings (SSSR count). The van der Waals surface area contributed by atoms with E-state index in [-0.39, 0.29) is 0 Å². The summed E-state index contributed by atoms with van der Waals surface area (Å²) in [7, 11) is 0. The highest BCUT2D eigenvalue weighted by molar-refractivity contribution is 8.12. The van der Waals surface area contributed by atoms with Gasteiger partial charge in [-0.05, 0) is 17.3 Å². The van der Waals surface area contributed by atoms with Gasteiger partial charge in [0, 0.05) is 5.75 Å². The highest BCUT2D eigenvalue weighted by Crippen LogP contribution is 2.25. The van der Waals surface area contributed by atoms with Crippen molar-refractivity contribution < 1.29 is 34.7 Å². The van der Waals surface area contributed by atoms with Crippen LogP contribution in [0.1, 0.15) is 5.56 Å². The lowest BCUT2D eigenvalue weighted by Gasteiger charge is -2.39. The molecule has 0 aliphatic carbocycles. The van der Waals surface area contributed by atoms with Crippen LogP contribution in [0.3, 0.4) is 0 Å². The minimum Gasteiger partial charge on any atom is -0.448 e. The highest BCUT2D eigenvalue weighted by atomic mass is 32.2. The molecule has 0 radical (unpaired) electrons. The first-order valence-electron chi connectivity index (χ1n) is 6.70. The van der Waals surface area contributed by atoms with Crippen LogP contribution in [0, 0.1) is 0 Å². The first-order chi connectivity index (χ1) is 10.5. The molecule has 0 aromatic heterocycles. The number of aliphatic hydroxyl groups is 4. The van der Waals surface area contributed by atoms with Crippen LogP contribution in [0.5, 0.6) is 0 Å². The van der Waals surface area contributed by atoms with Crippen LogP contribution >= 0.6 is 11.8 Å². The number of hydrogen-bond acceptors (Lipinski definition) is 8. The van der Waals surface area contributed by atoms with E-state index < -0.39 is 42.6 Å². The van der Waals surface area contributed by atoms with Crippen molar-refractivity contribution in [2.45, 2.75) is 36.5 Å². The largest absolute Gasteiger partial charge is 0.448 e. The van der Waals surface area contributed by atoms with E-state index >= 15 is 0 Å².